The number of aromatic nitrogens is 4. The molecule has 0 bridgehead atoms. The third-order valence-electron chi connectivity index (χ3n) is 3.65. The second-order valence-electron chi connectivity index (χ2n) is 5.50. The molecule has 0 fully saturated rings. The van der Waals surface area contributed by atoms with Crippen molar-refractivity contribution in [2.75, 3.05) is 5.32 Å². The van der Waals surface area contributed by atoms with Crippen LogP contribution >= 0.6 is 0 Å². The molecular weight excluding hydrogens is 348 g/mol. The second kappa shape index (κ2) is 7.88. The van der Waals surface area contributed by atoms with Crippen LogP contribution in [0.5, 0.6) is 0 Å². The lowest BCUT2D eigenvalue weighted by Gasteiger charge is -2.14. The number of benzene rings is 2. The smallest absolute Gasteiger partial charge is 0.338 e. The minimum atomic E-state index is -1.05. The van der Waals surface area contributed by atoms with Crippen LogP contribution < -0.4 is 5.32 Å². The minimum absolute atomic E-state index is 0.250. The van der Waals surface area contributed by atoms with Crippen LogP contribution in [-0.2, 0) is 9.53 Å². The number of para-hydroxylation sites is 1. The number of anilines is 1. The van der Waals surface area contributed by atoms with Crippen molar-refractivity contribution in [1.82, 2.24) is 20.2 Å². The molecule has 0 saturated carbocycles. The molecule has 0 aliphatic carbocycles. The number of hydrogen-bond donors (Lipinski definition) is 1. The van der Waals surface area contributed by atoms with Gasteiger partial charge in [-0.1, -0.05) is 18.2 Å². The summed E-state index contributed by atoms with van der Waals surface area (Å²) >= 11 is 0. The highest BCUT2D eigenvalue weighted by Gasteiger charge is 2.20. The molecule has 134 valence electrons. The van der Waals surface area contributed by atoms with Gasteiger partial charge in [-0.25, -0.2) is 9.48 Å². The van der Waals surface area contributed by atoms with E-state index in [0.717, 1.165) is 0 Å². The summed E-state index contributed by atoms with van der Waals surface area (Å²) < 4.78 is 6.62. The second-order valence-corrected chi connectivity index (χ2v) is 5.50. The number of nitriles is 1. The predicted molar refractivity (Wildman–Crippen MR) is 93.8 cm³/mol. The fourth-order valence-electron chi connectivity index (χ4n) is 2.26. The maximum absolute atomic E-state index is 12.3. The lowest BCUT2D eigenvalue weighted by Crippen LogP contribution is -2.30. The van der Waals surface area contributed by atoms with E-state index in [1.807, 2.05) is 6.07 Å². The SMILES string of the molecule is CC(OC(=O)c1cccc(-n2cnnn2)c1)C(=O)Nc1ccccc1C#N. The van der Waals surface area contributed by atoms with Crippen LogP contribution in [0, 0.1) is 11.3 Å². The summed E-state index contributed by atoms with van der Waals surface area (Å²) in [6.07, 6.45) is 0.341. The van der Waals surface area contributed by atoms with E-state index in [4.69, 9.17) is 10.00 Å². The van der Waals surface area contributed by atoms with Crippen molar-refractivity contribution in [2.45, 2.75) is 13.0 Å². The van der Waals surface area contributed by atoms with Gasteiger partial charge in [0.2, 0.25) is 0 Å². The van der Waals surface area contributed by atoms with Crippen LogP contribution in [0.1, 0.15) is 22.8 Å². The molecule has 1 atom stereocenters. The van der Waals surface area contributed by atoms with Gasteiger partial charge in [0, 0.05) is 0 Å². The number of carbonyl (C=O) groups excluding carboxylic acids is 2. The van der Waals surface area contributed by atoms with Crippen LogP contribution in [0.3, 0.4) is 0 Å². The molecule has 9 heteroatoms. The van der Waals surface area contributed by atoms with Crippen molar-refractivity contribution in [2.24, 2.45) is 0 Å². The molecule has 1 aromatic heterocycles. The molecule has 0 aliphatic heterocycles. The number of esters is 1. The van der Waals surface area contributed by atoms with Crippen LogP contribution in [0.4, 0.5) is 5.69 Å². The van der Waals surface area contributed by atoms with Gasteiger partial charge < -0.3 is 10.1 Å². The zero-order valence-electron chi connectivity index (χ0n) is 14.2. The number of rotatable bonds is 5. The molecule has 0 radical (unpaired) electrons. The summed E-state index contributed by atoms with van der Waals surface area (Å²) in [5, 5.41) is 22.5. The molecule has 9 nitrogen and oxygen atoms in total. The lowest BCUT2D eigenvalue weighted by molar-refractivity contribution is -0.123. The molecule has 1 unspecified atom stereocenters. The van der Waals surface area contributed by atoms with Gasteiger partial charge in [0.05, 0.1) is 22.5 Å². The quantitative estimate of drug-likeness (QED) is 0.685. The minimum Gasteiger partial charge on any atom is -0.449 e. The van der Waals surface area contributed by atoms with E-state index < -0.39 is 18.0 Å². The molecule has 0 aliphatic rings. The Balaban J connectivity index is 1.68. The number of amides is 1. The van der Waals surface area contributed by atoms with Crippen molar-refractivity contribution in [3.8, 4) is 11.8 Å². The fraction of sp³-hybridized carbons (Fsp3) is 0.111. The van der Waals surface area contributed by atoms with Crippen molar-refractivity contribution < 1.29 is 14.3 Å². The third kappa shape index (κ3) is 4.13. The highest BCUT2D eigenvalue weighted by Crippen LogP contribution is 2.15. The van der Waals surface area contributed by atoms with Crippen LogP contribution in [0.15, 0.2) is 54.9 Å². The molecule has 2 aromatic carbocycles. The van der Waals surface area contributed by atoms with E-state index in [1.54, 1.807) is 48.5 Å². The summed E-state index contributed by atoms with van der Waals surface area (Å²) in [5.41, 5.74) is 1.50. The van der Waals surface area contributed by atoms with E-state index in [-0.39, 0.29) is 5.56 Å². The van der Waals surface area contributed by atoms with E-state index in [1.165, 1.54) is 17.9 Å². The molecule has 0 saturated heterocycles. The molecule has 3 aromatic rings. The topological polar surface area (TPSA) is 123 Å². The summed E-state index contributed by atoms with van der Waals surface area (Å²) in [6, 6.07) is 15.0. The van der Waals surface area contributed by atoms with Gasteiger partial charge in [0.1, 0.15) is 12.4 Å². The highest BCUT2D eigenvalue weighted by molar-refractivity contribution is 5.98. The number of nitrogens with zero attached hydrogens (tertiary/aromatic N) is 5. The number of tetrazole rings is 1. The molecular formula is C18H14N6O3. The zero-order chi connectivity index (χ0) is 19.2. The molecule has 1 N–H and O–H groups in total. The van der Waals surface area contributed by atoms with E-state index >= 15 is 0 Å². The van der Waals surface area contributed by atoms with Crippen molar-refractivity contribution >= 4 is 17.6 Å². The number of nitrogens with one attached hydrogen (secondary N) is 1. The lowest BCUT2D eigenvalue weighted by atomic mass is 10.2. The van der Waals surface area contributed by atoms with Crippen LogP contribution in [0.25, 0.3) is 5.69 Å². The van der Waals surface area contributed by atoms with Gasteiger partial charge in [-0.15, -0.1) is 5.10 Å². The molecule has 3 rings (SSSR count). The van der Waals surface area contributed by atoms with E-state index in [0.29, 0.717) is 16.9 Å². The van der Waals surface area contributed by atoms with E-state index in [2.05, 4.69) is 20.8 Å². The third-order valence-corrected chi connectivity index (χ3v) is 3.65. The van der Waals surface area contributed by atoms with Gasteiger partial charge in [-0.3, -0.25) is 4.79 Å². The van der Waals surface area contributed by atoms with Gasteiger partial charge in [0.25, 0.3) is 5.91 Å². The average molecular weight is 362 g/mol. The number of carbonyl (C=O) groups is 2. The Labute approximate surface area is 154 Å². The first-order chi connectivity index (χ1) is 13.1. The molecule has 1 amide bonds. The Morgan fingerprint density at radius 3 is 2.78 bits per heavy atom. The fourth-order valence-corrected chi connectivity index (χ4v) is 2.26. The normalized spacial score (nSPS) is 11.3. The van der Waals surface area contributed by atoms with Gasteiger partial charge in [-0.2, -0.15) is 5.26 Å². The summed E-state index contributed by atoms with van der Waals surface area (Å²) in [5.74, 6) is -1.20. The maximum atomic E-state index is 12.3. The van der Waals surface area contributed by atoms with Crippen molar-refractivity contribution in [1.29, 1.82) is 5.26 Å². The van der Waals surface area contributed by atoms with Gasteiger partial charge in [-0.05, 0) is 47.7 Å². The molecule has 27 heavy (non-hydrogen) atoms. The zero-order valence-corrected chi connectivity index (χ0v) is 14.2. The first-order valence-corrected chi connectivity index (χ1v) is 7.93. The Kier molecular flexibility index (Phi) is 5.18. The van der Waals surface area contributed by atoms with Crippen LogP contribution in [0.2, 0.25) is 0 Å². The highest BCUT2D eigenvalue weighted by atomic mass is 16.5. The first-order valence-electron chi connectivity index (χ1n) is 7.93. The Bertz CT molecular complexity index is 1010. The summed E-state index contributed by atoms with van der Waals surface area (Å²) in [7, 11) is 0. The number of ether oxygens (including phenoxy) is 1. The van der Waals surface area contributed by atoms with E-state index in [9.17, 15) is 9.59 Å². The van der Waals surface area contributed by atoms with Gasteiger partial charge in [0.15, 0.2) is 6.10 Å². The molecule has 1 heterocycles. The van der Waals surface area contributed by atoms with Crippen molar-refractivity contribution in [3.63, 3.8) is 0 Å². The Morgan fingerprint density at radius 1 is 1.22 bits per heavy atom. The van der Waals surface area contributed by atoms with Crippen molar-refractivity contribution in [3.05, 3.63) is 66.0 Å². The first kappa shape index (κ1) is 17.8. The summed E-state index contributed by atoms with van der Waals surface area (Å²) in [6.45, 7) is 1.45. The summed E-state index contributed by atoms with van der Waals surface area (Å²) in [4.78, 5) is 24.6. The number of hydrogen-bond acceptors (Lipinski definition) is 7. The predicted octanol–water partition coefficient (Wildman–Crippen LogP) is 1.72. The van der Waals surface area contributed by atoms with Crippen LogP contribution in [-0.4, -0.2) is 38.2 Å². The van der Waals surface area contributed by atoms with Gasteiger partial charge >= 0.3 is 5.97 Å². The Morgan fingerprint density at radius 2 is 2.04 bits per heavy atom. The standard InChI is InChI=1S/C18H14N6O3/c1-12(17(25)21-16-8-3-2-5-14(16)10-19)27-18(26)13-6-4-7-15(9-13)24-11-20-22-23-24/h2-9,11-12H,1H3,(H,21,25). The maximum Gasteiger partial charge on any atom is 0.338 e. The Hall–Kier alpha value is -4.06. The monoisotopic (exact) mass is 362 g/mol. The largest absolute Gasteiger partial charge is 0.449 e. The molecule has 0 spiro atoms. The average Bonchev–Trinajstić information content (AvgIpc) is 3.23.